The molecule has 0 bridgehead atoms. The van der Waals surface area contributed by atoms with Gasteiger partial charge in [0, 0.05) is 39.6 Å². The van der Waals surface area contributed by atoms with Crippen molar-refractivity contribution < 1.29 is 28.7 Å². The molecular weight excluding hydrogens is 568 g/mol. The summed E-state index contributed by atoms with van der Waals surface area (Å²) in [6.07, 6.45) is 1.66. The zero-order chi connectivity index (χ0) is 30.2. The average molecular weight is 597 g/mol. The highest BCUT2D eigenvalue weighted by molar-refractivity contribution is 8.18. The number of nitrogens with one attached hydrogen (secondary N) is 2. The van der Waals surface area contributed by atoms with Crippen LogP contribution in [0, 0.1) is 20.8 Å². The van der Waals surface area contributed by atoms with E-state index in [0.29, 0.717) is 22.9 Å². The van der Waals surface area contributed by atoms with Gasteiger partial charge in [0.25, 0.3) is 11.1 Å². The lowest BCUT2D eigenvalue weighted by molar-refractivity contribution is -0.127. The second-order valence-corrected chi connectivity index (χ2v) is 11.3. The lowest BCUT2D eigenvalue weighted by Gasteiger charge is -2.14. The molecule has 2 N–H and O–H groups in total. The van der Waals surface area contributed by atoms with Gasteiger partial charge in [-0.1, -0.05) is 30.3 Å². The number of ether oxygens (including phenoxy) is 2. The maximum atomic E-state index is 13.3. The van der Waals surface area contributed by atoms with E-state index in [2.05, 4.69) is 10.6 Å². The summed E-state index contributed by atoms with van der Waals surface area (Å²) in [6.45, 7) is 5.47. The monoisotopic (exact) mass is 596 g/mol. The molecular formula is C32H28N4O6S. The largest absolute Gasteiger partial charge is 0.454 e. The van der Waals surface area contributed by atoms with Gasteiger partial charge in [0.2, 0.25) is 18.6 Å². The highest BCUT2D eigenvalue weighted by Gasteiger charge is 2.36. The number of imide groups is 1. The van der Waals surface area contributed by atoms with E-state index in [4.69, 9.17) is 9.47 Å². The van der Waals surface area contributed by atoms with Gasteiger partial charge in [0.15, 0.2) is 11.5 Å². The van der Waals surface area contributed by atoms with Crippen LogP contribution < -0.4 is 20.1 Å². The Balaban J connectivity index is 1.21. The number of benzene rings is 3. The molecule has 2 aliphatic heterocycles. The van der Waals surface area contributed by atoms with Crippen LogP contribution >= 0.6 is 11.8 Å². The Morgan fingerprint density at radius 1 is 0.907 bits per heavy atom. The van der Waals surface area contributed by atoms with Crippen molar-refractivity contribution in [1.29, 1.82) is 0 Å². The van der Waals surface area contributed by atoms with Crippen molar-refractivity contribution in [3.05, 3.63) is 88.0 Å². The number of fused-ring (bicyclic) bond motifs is 2. The van der Waals surface area contributed by atoms with E-state index in [1.807, 2.05) is 61.7 Å². The number of rotatable bonds is 7. The first-order chi connectivity index (χ1) is 20.7. The SMILES string of the molecule is Cc1cccc(NC(=O)CN2C(=O)S/C(=C\c3c(C)n(CC(=O)Nc4ccc5c(c4)OCO5)c4ccccc34)C2=O)c1C. The Hall–Kier alpha value is -5.03. The van der Waals surface area contributed by atoms with Crippen molar-refractivity contribution in [3.8, 4) is 11.5 Å². The minimum Gasteiger partial charge on any atom is -0.454 e. The van der Waals surface area contributed by atoms with E-state index < -0.39 is 23.6 Å². The summed E-state index contributed by atoms with van der Waals surface area (Å²) in [5.41, 5.74) is 5.43. The van der Waals surface area contributed by atoms with Gasteiger partial charge in [-0.05, 0) is 74.0 Å². The molecule has 2 aliphatic rings. The third-order valence-electron chi connectivity index (χ3n) is 7.57. The average Bonchev–Trinajstić information content (AvgIpc) is 3.63. The number of aryl methyl sites for hydroxylation is 1. The number of aromatic nitrogens is 1. The van der Waals surface area contributed by atoms with Crippen LogP contribution in [-0.2, 0) is 20.9 Å². The van der Waals surface area contributed by atoms with Crippen molar-refractivity contribution >= 4 is 63.1 Å². The Kier molecular flexibility index (Phi) is 7.41. The third kappa shape index (κ3) is 5.46. The van der Waals surface area contributed by atoms with Crippen molar-refractivity contribution in [2.75, 3.05) is 24.0 Å². The molecule has 1 saturated heterocycles. The standard InChI is InChI=1S/C32H28N4O6S/c1-18-7-6-9-24(19(18)2)34-30(38)16-36-31(39)28(43-32(36)40)14-23-20(3)35(25-10-5-4-8-22(23)25)15-29(37)33-21-11-12-26-27(13-21)42-17-41-26/h4-14H,15-17H2,1-3H3,(H,33,37)(H,34,38)/b28-14-. The number of hydrogen-bond acceptors (Lipinski definition) is 7. The molecule has 0 unspecified atom stereocenters. The van der Waals surface area contributed by atoms with E-state index in [0.717, 1.165) is 49.9 Å². The normalized spacial score (nSPS) is 15.0. The molecule has 0 atom stereocenters. The minimum absolute atomic E-state index is 0.0225. The van der Waals surface area contributed by atoms with E-state index in [1.54, 1.807) is 30.3 Å². The highest BCUT2D eigenvalue weighted by Crippen LogP contribution is 2.36. The van der Waals surface area contributed by atoms with Gasteiger partial charge in [-0.25, -0.2) is 0 Å². The van der Waals surface area contributed by atoms with E-state index >= 15 is 0 Å². The molecule has 0 spiro atoms. The molecule has 11 heteroatoms. The van der Waals surface area contributed by atoms with Crippen LogP contribution in [0.2, 0.25) is 0 Å². The molecule has 4 amide bonds. The number of hydrogen-bond donors (Lipinski definition) is 2. The van der Waals surface area contributed by atoms with E-state index in [-0.39, 0.29) is 24.2 Å². The molecule has 6 rings (SSSR count). The van der Waals surface area contributed by atoms with Gasteiger partial charge in [0.1, 0.15) is 13.1 Å². The Labute approximate surface area is 251 Å². The van der Waals surface area contributed by atoms with Crippen molar-refractivity contribution in [3.63, 3.8) is 0 Å². The quantitative estimate of drug-likeness (QED) is 0.266. The predicted octanol–water partition coefficient (Wildman–Crippen LogP) is 5.61. The molecule has 218 valence electrons. The topological polar surface area (TPSA) is 119 Å². The zero-order valence-electron chi connectivity index (χ0n) is 23.7. The molecule has 3 aromatic carbocycles. The minimum atomic E-state index is -0.539. The third-order valence-corrected chi connectivity index (χ3v) is 8.47. The summed E-state index contributed by atoms with van der Waals surface area (Å²) in [4.78, 5) is 53.1. The fourth-order valence-corrected chi connectivity index (χ4v) is 5.97. The Morgan fingerprint density at radius 2 is 1.67 bits per heavy atom. The maximum absolute atomic E-state index is 13.3. The summed E-state index contributed by atoms with van der Waals surface area (Å²) in [5, 5.41) is 6.01. The molecule has 0 radical (unpaired) electrons. The molecule has 0 saturated carbocycles. The van der Waals surface area contributed by atoms with Crippen LogP contribution in [-0.4, -0.2) is 45.8 Å². The van der Waals surface area contributed by atoms with Gasteiger partial charge in [-0.15, -0.1) is 0 Å². The van der Waals surface area contributed by atoms with Crippen LogP contribution in [0.4, 0.5) is 16.2 Å². The van der Waals surface area contributed by atoms with Gasteiger partial charge < -0.3 is 24.7 Å². The smallest absolute Gasteiger partial charge is 0.294 e. The Bertz CT molecular complexity index is 1860. The summed E-state index contributed by atoms with van der Waals surface area (Å²) in [7, 11) is 0. The molecule has 3 heterocycles. The van der Waals surface area contributed by atoms with Crippen molar-refractivity contribution in [2.24, 2.45) is 0 Å². The molecule has 1 aromatic heterocycles. The van der Waals surface area contributed by atoms with Crippen LogP contribution in [0.3, 0.4) is 0 Å². The lowest BCUT2D eigenvalue weighted by atomic mass is 10.1. The number of thioether (sulfide) groups is 1. The number of carbonyl (C=O) groups excluding carboxylic acids is 4. The van der Waals surface area contributed by atoms with Gasteiger partial charge in [0.05, 0.1) is 4.91 Å². The number of amides is 4. The zero-order valence-corrected chi connectivity index (χ0v) is 24.5. The number of nitrogens with zero attached hydrogens (tertiary/aromatic N) is 2. The first-order valence-electron chi connectivity index (χ1n) is 13.6. The van der Waals surface area contributed by atoms with Gasteiger partial charge >= 0.3 is 0 Å². The second-order valence-electron chi connectivity index (χ2n) is 10.3. The maximum Gasteiger partial charge on any atom is 0.294 e. The fourth-order valence-electron chi connectivity index (χ4n) is 5.15. The number of carbonyl (C=O) groups is 4. The number of anilines is 2. The predicted molar refractivity (Wildman–Crippen MR) is 165 cm³/mol. The molecule has 0 aliphatic carbocycles. The van der Waals surface area contributed by atoms with Crippen molar-refractivity contribution in [1.82, 2.24) is 9.47 Å². The highest BCUT2D eigenvalue weighted by atomic mass is 32.2. The van der Waals surface area contributed by atoms with Crippen LogP contribution in [0.1, 0.15) is 22.4 Å². The van der Waals surface area contributed by atoms with Crippen molar-refractivity contribution in [2.45, 2.75) is 27.3 Å². The fraction of sp³-hybridized carbons (Fsp3) is 0.188. The Morgan fingerprint density at radius 3 is 2.51 bits per heavy atom. The molecule has 10 nitrogen and oxygen atoms in total. The van der Waals surface area contributed by atoms with Crippen LogP contribution in [0.25, 0.3) is 17.0 Å². The number of para-hydroxylation sites is 1. The summed E-state index contributed by atoms with van der Waals surface area (Å²) in [5.74, 6) is -0.0495. The first-order valence-corrected chi connectivity index (χ1v) is 14.4. The second kappa shape index (κ2) is 11.3. The summed E-state index contributed by atoms with van der Waals surface area (Å²) in [6, 6.07) is 18.3. The first kappa shape index (κ1) is 28.1. The summed E-state index contributed by atoms with van der Waals surface area (Å²) >= 11 is 0.790. The van der Waals surface area contributed by atoms with Gasteiger partial charge in [-0.3, -0.25) is 24.1 Å². The summed E-state index contributed by atoms with van der Waals surface area (Å²) < 4.78 is 12.6. The van der Waals surface area contributed by atoms with Gasteiger partial charge in [-0.2, -0.15) is 0 Å². The lowest BCUT2D eigenvalue weighted by Crippen LogP contribution is -2.36. The van der Waals surface area contributed by atoms with E-state index in [9.17, 15) is 19.2 Å². The van der Waals surface area contributed by atoms with E-state index in [1.165, 1.54) is 0 Å². The van der Waals surface area contributed by atoms with Crippen LogP contribution in [0.5, 0.6) is 11.5 Å². The molecule has 1 fully saturated rings. The van der Waals surface area contributed by atoms with Crippen LogP contribution in [0.15, 0.2) is 65.6 Å². The molecule has 4 aromatic rings. The molecule has 43 heavy (non-hydrogen) atoms.